The van der Waals surface area contributed by atoms with Gasteiger partial charge in [-0.15, -0.1) is 11.3 Å². The van der Waals surface area contributed by atoms with E-state index in [9.17, 15) is 9.59 Å². The second-order valence-electron chi connectivity index (χ2n) is 6.45. The number of hydrogen-bond donors (Lipinski definition) is 1. The van der Waals surface area contributed by atoms with Gasteiger partial charge in [0.25, 0.3) is 5.91 Å². The van der Waals surface area contributed by atoms with Gasteiger partial charge in [-0.1, -0.05) is 12.1 Å². The summed E-state index contributed by atoms with van der Waals surface area (Å²) in [5, 5.41) is 6.11. The number of ether oxygens (including phenoxy) is 1. The largest absolute Gasteiger partial charge is 0.465 e. The molecule has 1 N–H and O–H groups in total. The highest BCUT2D eigenvalue weighted by molar-refractivity contribution is 7.10. The van der Waals surface area contributed by atoms with Gasteiger partial charge >= 0.3 is 5.97 Å². The van der Waals surface area contributed by atoms with Crippen LogP contribution in [0, 0.1) is 0 Å². The fraction of sp³-hybridized carbons (Fsp3) is 0.190. The average Bonchev–Trinajstić information content (AvgIpc) is 3.45. The van der Waals surface area contributed by atoms with Gasteiger partial charge in [-0.2, -0.15) is 0 Å². The number of carbonyl (C=O) groups excluding carboxylic acids is 2. The summed E-state index contributed by atoms with van der Waals surface area (Å²) in [4.78, 5) is 28.6. The van der Waals surface area contributed by atoms with Crippen LogP contribution in [0.4, 0.5) is 5.69 Å². The van der Waals surface area contributed by atoms with Gasteiger partial charge in [0.2, 0.25) is 0 Å². The minimum Gasteiger partial charge on any atom is -0.465 e. The Bertz CT molecular complexity index is 973. The minimum atomic E-state index is -0.407. The topological polar surface area (TPSA) is 68.3 Å². The van der Waals surface area contributed by atoms with E-state index in [0.29, 0.717) is 22.7 Å². The number of anilines is 1. The van der Waals surface area contributed by atoms with Crippen molar-refractivity contribution in [3.05, 3.63) is 70.0 Å². The first kappa shape index (κ1) is 17.4. The molecule has 0 saturated heterocycles. The van der Waals surface area contributed by atoms with E-state index in [1.807, 2.05) is 12.1 Å². The summed E-state index contributed by atoms with van der Waals surface area (Å²) in [6, 6.07) is 14.0. The number of aromatic nitrogens is 1. The lowest BCUT2D eigenvalue weighted by Crippen LogP contribution is -2.12. The molecule has 27 heavy (non-hydrogen) atoms. The molecule has 0 unspecified atom stereocenters. The van der Waals surface area contributed by atoms with E-state index in [1.54, 1.807) is 47.7 Å². The van der Waals surface area contributed by atoms with Crippen LogP contribution in [0.5, 0.6) is 0 Å². The Labute approximate surface area is 161 Å². The summed E-state index contributed by atoms with van der Waals surface area (Å²) in [6.07, 6.45) is 2.49. The molecule has 4 rings (SSSR count). The van der Waals surface area contributed by atoms with Gasteiger partial charge < -0.3 is 10.1 Å². The van der Waals surface area contributed by atoms with E-state index >= 15 is 0 Å². The third-order valence-corrected chi connectivity index (χ3v) is 5.46. The summed E-state index contributed by atoms with van der Waals surface area (Å²) in [7, 11) is 1.33. The number of rotatable bonds is 5. The minimum absolute atomic E-state index is 0.204. The maximum absolute atomic E-state index is 12.4. The second-order valence-corrected chi connectivity index (χ2v) is 7.34. The monoisotopic (exact) mass is 378 g/mol. The lowest BCUT2D eigenvalue weighted by molar-refractivity contribution is 0.0600. The quantitative estimate of drug-likeness (QED) is 0.652. The zero-order valence-electron chi connectivity index (χ0n) is 14.8. The number of methoxy groups -OCH3 is 1. The first-order chi connectivity index (χ1) is 13.1. The normalized spacial score (nSPS) is 13.2. The van der Waals surface area contributed by atoms with Crippen LogP contribution < -0.4 is 5.32 Å². The molecular formula is C21H18N2O3S. The molecule has 2 aromatic carbocycles. The summed E-state index contributed by atoms with van der Waals surface area (Å²) in [5.41, 5.74) is 3.59. The summed E-state index contributed by atoms with van der Waals surface area (Å²) in [5.74, 6) is 0.0408. The smallest absolute Gasteiger partial charge is 0.337 e. The molecular weight excluding hydrogens is 360 g/mol. The Kier molecular flexibility index (Phi) is 4.73. The van der Waals surface area contributed by atoms with Crippen LogP contribution >= 0.6 is 11.3 Å². The van der Waals surface area contributed by atoms with Gasteiger partial charge in [0, 0.05) is 28.1 Å². The van der Waals surface area contributed by atoms with Crippen LogP contribution in [0.25, 0.3) is 11.3 Å². The van der Waals surface area contributed by atoms with Crippen molar-refractivity contribution in [3.63, 3.8) is 0 Å². The van der Waals surface area contributed by atoms with Crippen LogP contribution in [-0.4, -0.2) is 24.0 Å². The molecule has 0 aliphatic heterocycles. The van der Waals surface area contributed by atoms with E-state index in [1.165, 1.54) is 25.0 Å². The van der Waals surface area contributed by atoms with E-state index < -0.39 is 5.97 Å². The molecule has 5 nitrogen and oxygen atoms in total. The highest BCUT2D eigenvalue weighted by atomic mass is 32.1. The highest BCUT2D eigenvalue weighted by Crippen LogP contribution is 2.42. The third kappa shape index (κ3) is 3.90. The van der Waals surface area contributed by atoms with Gasteiger partial charge in [0.05, 0.1) is 23.4 Å². The fourth-order valence-corrected chi connectivity index (χ4v) is 3.74. The van der Waals surface area contributed by atoms with Gasteiger partial charge in [-0.05, 0) is 49.2 Å². The molecule has 0 spiro atoms. The van der Waals surface area contributed by atoms with Crippen LogP contribution in [0.15, 0.2) is 53.9 Å². The predicted octanol–water partition coefficient (Wildman–Crippen LogP) is 4.73. The van der Waals surface area contributed by atoms with E-state index in [-0.39, 0.29) is 5.91 Å². The number of thiazole rings is 1. The van der Waals surface area contributed by atoms with Crippen LogP contribution in [0.2, 0.25) is 0 Å². The molecule has 6 heteroatoms. The molecule has 1 aliphatic carbocycles. The van der Waals surface area contributed by atoms with Crippen molar-refractivity contribution in [2.24, 2.45) is 0 Å². The zero-order chi connectivity index (χ0) is 18.8. The molecule has 1 saturated carbocycles. The summed E-state index contributed by atoms with van der Waals surface area (Å²) < 4.78 is 4.66. The Morgan fingerprint density at radius 2 is 1.70 bits per heavy atom. The summed E-state index contributed by atoms with van der Waals surface area (Å²) in [6.45, 7) is 0. The van der Waals surface area contributed by atoms with Crippen molar-refractivity contribution < 1.29 is 14.3 Å². The van der Waals surface area contributed by atoms with Crippen molar-refractivity contribution in [3.8, 4) is 11.3 Å². The van der Waals surface area contributed by atoms with Gasteiger partial charge in [0.1, 0.15) is 0 Å². The Hall–Kier alpha value is -2.99. The number of nitrogens with zero attached hydrogens (tertiary/aromatic N) is 1. The third-order valence-electron chi connectivity index (χ3n) is 4.46. The highest BCUT2D eigenvalue weighted by Gasteiger charge is 2.26. The van der Waals surface area contributed by atoms with Crippen LogP contribution in [-0.2, 0) is 4.74 Å². The standard InChI is InChI=1S/C21H18N2O3S/c1-26-21(25)16-8-10-17(11-9-16)22-19(24)14-4-2-13(3-5-14)18-12-27-20(23-18)15-6-7-15/h2-5,8-12,15H,6-7H2,1H3,(H,22,24). The van der Waals surface area contributed by atoms with Crippen molar-refractivity contribution in [1.82, 2.24) is 4.98 Å². The van der Waals surface area contributed by atoms with Crippen LogP contribution in [0.3, 0.4) is 0 Å². The first-order valence-corrected chi connectivity index (χ1v) is 9.57. The Balaban J connectivity index is 1.43. The van der Waals surface area contributed by atoms with E-state index in [2.05, 4.69) is 15.4 Å². The van der Waals surface area contributed by atoms with Crippen molar-refractivity contribution >= 4 is 28.9 Å². The Morgan fingerprint density at radius 1 is 1.04 bits per heavy atom. The number of esters is 1. The van der Waals surface area contributed by atoms with Crippen molar-refractivity contribution in [1.29, 1.82) is 0 Å². The maximum atomic E-state index is 12.4. The maximum Gasteiger partial charge on any atom is 0.337 e. The van der Waals surface area contributed by atoms with E-state index in [4.69, 9.17) is 4.98 Å². The molecule has 1 fully saturated rings. The van der Waals surface area contributed by atoms with Gasteiger partial charge in [0.15, 0.2) is 0 Å². The SMILES string of the molecule is COC(=O)c1ccc(NC(=O)c2ccc(-c3csc(C4CC4)n3)cc2)cc1. The number of carbonyl (C=O) groups is 2. The lowest BCUT2D eigenvalue weighted by atomic mass is 10.1. The number of hydrogen-bond acceptors (Lipinski definition) is 5. The Morgan fingerprint density at radius 3 is 2.33 bits per heavy atom. The predicted molar refractivity (Wildman–Crippen MR) is 105 cm³/mol. The van der Waals surface area contributed by atoms with Crippen molar-refractivity contribution in [2.45, 2.75) is 18.8 Å². The number of nitrogens with one attached hydrogen (secondary N) is 1. The molecule has 3 aromatic rings. The van der Waals surface area contributed by atoms with E-state index in [0.717, 1.165) is 11.3 Å². The number of amides is 1. The number of benzene rings is 2. The van der Waals surface area contributed by atoms with Crippen LogP contribution in [0.1, 0.15) is 44.5 Å². The van der Waals surface area contributed by atoms with Gasteiger partial charge in [-0.25, -0.2) is 9.78 Å². The average molecular weight is 378 g/mol. The zero-order valence-corrected chi connectivity index (χ0v) is 15.6. The molecule has 1 heterocycles. The molecule has 1 amide bonds. The fourth-order valence-electron chi connectivity index (χ4n) is 2.74. The molecule has 1 aromatic heterocycles. The second kappa shape index (κ2) is 7.32. The first-order valence-electron chi connectivity index (χ1n) is 8.69. The molecule has 0 radical (unpaired) electrons. The molecule has 0 bridgehead atoms. The van der Waals surface area contributed by atoms with Gasteiger partial charge in [-0.3, -0.25) is 4.79 Å². The molecule has 136 valence electrons. The molecule has 1 aliphatic rings. The summed E-state index contributed by atoms with van der Waals surface area (Å²) >= 11 is 1.71. The molecule has 0 atom stereocenters. The lowest BCUT2D eigenvalue weighted by Gasteiger charge is -2.07. The van der Waals surface area contributed by atoms with Crippen molar-refractivity contribution in [2.75, 3.05) is 12.4 Å².